The first-order chi connectivity index (χ1) is 12.0. The predicted molar refractivity (Wildman–Crippen MR) is 88.1 cm³/mol. The van der Waals surface area contributed by atoms with Crippen LogP contribution >= 0.6 is 0 Å². The number of nitrogens with zero attached hydrogens (tertiary/aromatic N) is 3. The molecule has 0 amide bonds. The largest absolute Gasteiger partial charge is 0.368 e. The van der Waals surface area contributed by atoms with Crippen LogP contribution in [0.2, 0.25) is 0 Å². The van der Waals surface area contributed by atoms with Crippen molar-refractivity contribution in [2.75, 3.05) is 11.1 Å². The van der Waals surface area contributed by atoms with Gasteiger partial charge in [0.1, 0.15) is 17.2 Å². The summed E-state index contributed by atoms with van der Waals surface area (Å²) in [5.74, 6) is -3.34. The lowest BCUT2D eigenvalue weighted by molar-refractivity contribution is 0.0939. The first kappa shape index (κ1) is 16.5. The molecule has 25 heavy (non-hydrogen) atoms. The van der Waals surface area contributed by atoms with E-state index in [1.54, 1.807) is 12.1 Å². The number of carbonyl (C=O) groups is 1. The van der Waals surface area contributed by atoms with E-state index >= 15 is 0 Å². The molecule has 9 heteroatoms. The van der Waals surface area contributed by atoms with Crippen molar-refractivity contribution in [3.63, 3.8) is 0 Å². The van der Waals surface area contributed by atoms with Crippen LogP contribution in [0.5, 0.6) is 0 Å². The highest BCUT2D eigenvalue weighted by atomic mass is 19.1. The molecule has 0 radical (unpaired) electrons. The smallest absolute Gasteiger partial charge is 0.287 e. The molecule has 0 atom stereocenters. The Kier molecular flexibility index (Phi) is 4.40. The maximum absolute atomic E-state index is 13.8. The van der Waals surface area contributed by atoms with Crippen LogP contribution in [-0.2, 0) is 6.54 Å². The zero-order valence-electron chi connectivity index (χ0n) is 12.9. The summed E-state index contributed by atoms with van der Waals surface area (Å²) in [6.45, 7) is 0.406. The highest BCUT2D eigenvalue weighted by molar-refractivity contribution is 5.97. The van der Waals surface area contributed by atoms with Gasteiger partial charge in [-0.25, -0.2) is 8.78 Å². The van der Waals surface area contributed by atoms with Crippen LogP contribution < -0.4 is 16.8 Å². The van der Waals surface area contributed by atoms with Gasteiger partial charge in [0, 0.05) is 12.2 Å². The van der Waals surface area contributed by atoms with E-state index < -0.39 is 23.1 Å². The van der Waals surface area contributed by atoms with Crippen molar-refractivity contribution < 1.29 is 13.6 Å². The number of rotatable bonds is 4. The predicted octanol–water partition coefficient (Wildman–Crippen LogP) is 2.03. The van der Waals surface area contributed by atoms with Gasteiger partial charge in [-0.05, 0) is 29.8 Å². The topological polar surface area (TPSA) is 112 Å². The SMILES string of the molecule is NCc1ccc(Nc2nc(N)n(C(=O)c3c(F)cccc3F)n2)cc1. The third kappa shape index (κ3) is 3.31. The average molecular weight is 344 g/mol. The first-order valence-corrected chi connectivity index (χ1v) is 7.27. The van der Waals surface area contributed by atoms with Gasteiger partial charge < -0.3 is 16.8 Å². The second-order valence-electron chi connectivity index (χ2n) is 5.13. The molecule has 1 heterocycles. The summed E-state index contributed by atoms with van der Waals surface area (Å²) in [6.07, 6.45) is 0. The number of nitrogen functional groups attached to an aromatic ring is 1. The molecule has 7 nitrogen and oxygen atoms in total. The molecule has 0 aliphatic carbocycles. The molecular formula is C16H14F2N6O. The summed E-state index contributed by atoms with van der Waals surface area (Å²) >= 11 is 0. The Hall–Kier alpha value is -3.33. The van der Waals surface area contributed by atoms with Gasteiger partial charge >= 0.3 is 0 Å². The molecule has 0 unspecified atom stereocenters. The maximum Gasteiger partial charge on any atom is 0.287 e. The number of halogens is 2. The van der Waals surface area contributed by atoms with Gasteiger partial charge in [-0.3, -0.25) is 4.79 Å². The van der Waals surface area contributed by atoms with Crippen molar-refractivity contribution in [2.24, 2.45) is 5.73 Å². The molecule has 1 aromatic heterocycles. The molecule has 2 aromatic carbocycles. The first-order valence-electron chi connectivity index (χ1n) is 7.27. The van der Waals surface area contributed by atoms with Crippen LogP contribution in [0.4, 0.5) is 26.4 Å². The molecule has 0 spiro atoms. The molecule has 5 N–H and O–H groups in total. The van der Waals surface area contributed by atoms with E-state index in [0.29, 0.717) is 16.9 Å². The summed E-state index contributed by atoms with van der Waals surface area (Å²) in [4.78, 5) is 16.2. The highest BCUT2D eigenvalue weighted by Crippen LogP contribution is 2.18. The van der Waals surface area contributed by atoms with Crippen molar-refractivity contribution >= 4 is 23.5 Å². The molecule has 3 rings (SSSR count). The number of nitrogens with one attached hydrogen (secondary N) is 1. The third-order valence-corrected chi connectivity index (χ3v) is 3.45. The Bertz CT molecular complexity index is 903. The Morgan fingerprint density at radius 1 is 1.12 bits per heavy atom. The molecule has 0 bridgehead atoms. The number of anilines is 3. The Morgan fingerprint density at radius 3 is 2.36 bits per heavy atom. The lowest BCUT2D eigenvalue weighted by Crippen LogP contribution is -2.19. The normalized spacial score (nSPS) is 10.7. The summed E-state index contributed by atoms with van der Waals surface area (Å²) in [5.41, 5.74) is 12.0. The van der Waals surface area contributed by atoms with Crippen molar-refractivity contribution in [3.05, 3.63) is 65.2 Å². The van der Waals surface area contributed by atoms with Gasteiger partial charge in [-0.15, -0.1) is 5.10 Å². The Balaban J connectivity index is 1.88. The Labute approximate surface area is 141 Å². The van der Waals surface area contributed by atoms with Crippen LogP contribution in [0.3, 0.4) is 0 Å². The fourth-order valence-electron chi connectivity index (χ4n) is 2.19. The summed E-state index contributed by atoms with van der Waals surface area (Å²) < 4.78 is 28.1. The van der Waals surface area contributed by atoms with Crippen LogP contribution in [0, 0.1) is 11.6 Å². The lowest BCUT2D eigenvalue weighted by Gasteiger charge is -2.04. The van der Waals surface area contributed by atoms with Crippen LogP contribution in [-0.4, -0.2) is 20.7 Å². The van der Waals surface area contributed by atoms with E-state index in [1.807, 2.05) is 12.1 Å². The average Bonchev–Trinajstić information content (AvgIpc) is 2.95. The van der Waals surface area contributed by atoms with E-state index in [4.69, 9.17) is 11.5 Å². The van der Waals surface area contributed by atoms with Gasteiger partial charge in [0.25, 0.3) is 5.91 Å². The monoisotopic (exact) mass is 344 g/mol. The van der Waals surface area contributed by atoms with Gasteiger partial charge in [0.15, 0.2) is 0 Å². The zero-order chi connectivity index (χ0) is 18.0. The second-order valence-corrected chi connectivity index (χ2v) is 5.13. The molecule has 128 valence electrons. The van der Waals surface area contributed by atoms with Crippen LogP contribution in [0.15, 0.2) is 42.5 Å². The highest BCUT2D eigenvalue weighted by Gasteiger charge is 2.22. The van der Waals surface area contributed by atoms with E-state index in [0.717, 1.165) is 23.8 Å². The fraction of sp³-hybridized carbons (Fsp3) is 0.0625. The van der Waals surface area contributed by atoms with Crippen molar-refractivity contribution in [3.8, 4) is 0 Å². The summed E-state index contributed by atoms with van der Waals surface area (Å²) in [5, 5.41) is 6.72. The fourth-order valence-corrected chi connectivity index (χ4v) is 2.19. The second kappa shape index (κ2) is 6.65. The Morgan fingerprint density at radius 2 is 1.76 bits per heavy atom. The van der Waals surface area contributed by atoms with Crippen molar-refractivity contribution in [1.82, 2.24) is 14.8 Å². The van der Waals surface area contributed by atoms with Crippen LogP contribution in [0.25, 0.3) is 0 Å². The standard InChI is InChI=1S/C16H14F2N6O/c17-11-2-1-3-12(18)13(11)14(25)24-15(20)22-16(23-24)21-10-6-4-9(8-19)5-7-10/h1-7H,8,19H2,(H3,20,21,22,23). The molecular weight excluding hydrogens is 330 g/mol. The molecule has 3 aromatic rings. The quantitative estimate of drug-likeness (QED) is 0.668. The van der Waals surface area contributed by atoms with E-state index in [-0.39, 0.29) is 11.9 Å². The minimum Gasteiger partial charge on any atom is -0.368 e. The number of hydrogen-bond acceptors (Lipinski definition) is 6. The van der Waals surface area contributed by atoms with Gasteiger partial charge in [0.05, 0.1) is 0 Å². The zero-order valence-corrected chi connectivity index (χ0v) is 12.9. The minimum atomic E-state index is -1.05. The van der Waals surface area contributed by atoms with E-state index in [1.165, 1.54) is 0 Å². The maximum atomic E-state index is 13.8. The molecule has 0 fully saturated rings. The number of hydrogen-bond donors (Lipinski definition) is 3. The third-order valence-electron chi connectivity index (χ3n) is 3.45. The number of nitrogens with two attached hydrogens (primary N) is 2. The van der Waals surface area contributed by atoms with Gasteiger partial charge in [0.2, 0.25) is 11.9 Å². The van der Waals surface area contributed by atoms with Crippen molar-refractivity contribution in [1.29, 1.82) is 0 Å². The number of aromatic nitrogens is 3. The molecule has 0 saturated heterocycles. The molecule has 0 saturated carbocycles. The van der Waals surface area contributed by atoms with Gasteiger partial charge in [-0.1, -0.05) is 18.2 Å². The number of benzene rings is 2. The van der Waals surface area contributed by atoms with E-state index in [2.05, 4.69) is 15.4 Å². The van der Waals surface area contributed by atoms with E-state index in [9.17, 15) is 13.6 Å². The molecule has 0 aliphatic rings. The van der Waals surface area contributed by atoms with Gasteiger partial charge in [-0.2, -0.15) is 9.67 Å². The van der Waals surface area contributed by atoms with Crippen LogP contribution in [0.1, 0.15) is 15.9 Å². The molecule has 0 aliphatic heterocycles. The lowest BCUT2D eigenvalue weighted by atomic mass is 10.2. The summed E-state index contributed by atoms with van der Waals surface area (Å²) in [7, 11) is 0. The van der Waals surface area contributed by atoms with Crippen molar-refractivity contribution in [2.45, 2.75) is 6.54 Å². The summed E-state index contributed by atoms with van der Waals surface area (Å²) in [6, 6.07) is 10.2. The minimum absolute atomic E-state index is 0.0168. The number of carbonyl (C=O) groups excluding carboxylic acids is 1.